The summed E-state index contributed by atoms with van der Waals surface area (Å²) < 4.78 is 28.0. The van der Waals surface area contributed by atoms with E-state index in [1.807, 2.05) is 12.1 Å². The number of anilines is 3. The molecule has 0 aromatic heterocycles. The Labute approximate surface area is 204 Å². The maximum atomic E-state index is 14.5. The molecule has 35 heavy (non-hydrogen) atoms. The molecule has 1 amide bonds. The van der Waals surface area contributed by atoms with Gasteiger partial charge in [0.05, 0.1) is 22.5 Å². The third kappa shape index (κ3) is 4.43. The lowest BCUT2D eigenvalue weighted by atomic mass is 9.65. The predicted molar refractivity (Wildman–Crippen MR) is 136 cm³/mol. The second-order valence-electron chi connectivity index (χ2n) is 10.0. The third-order valence-corrected chi connectivity index (χ3v) is 7.48. The van der Waals surface area contributed by atoms with Gasteiger partial charge in [0.2, 0.25) is 5.91 Å². The van der Waals surface area contributed by atoms with Gasteiger partial charge in [0.25, 0.3) is 0 Å². The van der Waals surface area contributed by atoms with Crippen molar-refractivity contribution < 1.29 is 13.6 Å². The first-order valence-corrected chi connectivity index (χ1v) is 12.2. The van der Waals surface area contributed by atoms with Gasteiger partial charge in [0.1, 0.15) is 11.6 Å². The lowest BCUT2D eigenvalue weighted by Gasteiger charge is -2.36. The van der Waals surface area contributed by atoms with E-state index < -0.39 is 17.0 Å². The fraction of sp³-hybridized carbons (Fsp3) is 0.407. The number of fused-ring (bicyclic) bond motifs is 2. The van der Waals surface area contributed by atoms with Gasteiger partial charge in [-0.1, -0.05) is 6.42 Å². The van der Waals surface area contributed by atoms with Gasteiger partial charge in [-0.3, -0.25) is 4.79 Å². The van der Waals surface area contributed by atoms with Gasteiger partial charge in [-0.15, -0.1) is 0 Å². The van der Waals surface area contributed by atoms with Gasteiger partial charge < -0.3 is 26.3 Å². The topological polar surface area (TPSA) is 80.2 Å². The van der Waals surface area contributed by atoms with Crippen LogP contribution >= 0.6 is 0 Å². The van der Waals surface area contributed by atoms with Gasteiger partial charge >= 0.3 is 0 Å². The number of amides is 1. The average molecular weight is 480 g/mol. The van der Waals surface area contributed by atoms with E-state index in [2.05, 4.69) is 27.9 Å². The summed E-state index contributed by atoms with van der Waals surface area (Å²) in [6.45, 7) is 3.64. The van der Waals surface area contributed by atoms with E-state index in [1.54, 1.807) is 13.0 Å². The Morgan fingerprint density at radius 3 is 2.54 bits per heavy atom. The fourth-order valence-electron chi connectivity index (χ4n) is 5.32. The quantitative estimate of drug-likeness (QED) is 0.422. The van der Waals surface area contributed by atoms with E-state index in [4.69, 9.17) is 5.41 Å². The summed E-state index contributed by atoms with van der Waals surface area (Å²) in [5.41, 5.74) is 3.78. The van der Waals surface area contributed by atoms with Crippen molar-refractivity contribution in [2.45, 2.75) is 50.5 Å². The Hall–Kier alpha value is -3.26. The van der Waals surface area contributed by atoms with Gasteiger partial charge in [-0.05, 0) is 88.6 Å². The van der Waals surface area contributed by atoms with Crippen LogP contribution in [0.15, 0.2) is 36.4 Å². The number of nitrogens with one attached hydrogen (secondary N) is 4. The summed E-state index contributed by atoms with van der Waals surface area (Å²) in [7, 11) is 2.12. The van der Waals surface area contributed by atoms with Gasteiger partial charge in [0.15, 0.2) is 0 Å². The Morgan fingerprint density at radius 2 is 1.91 bits per heavy atom. The molecule has 1 aliphatic carbocycles. The fourth-order valence-corrected chi connectivity index (χ4v) is 5.32. The molecule has 1 saturated heterocycles. The minimum Gasteiger partial charge on any atom is -0.381 e. The first-order valence-electron chi connectivity index (χ1n) is 12.2. The van der Waals surface area contributed by atoms with Crippen LogP contribution in [0.5, 0.6) is 0 Å². The van der Waals surface area contributed by atoms with Crippen molar-refractivity contribution in [1.82, 2.24) is 4.90 Å². The van der Waals surface area contributed by atoms with E-state index in [1.165, 1.54) is 12.1 Å². The molecule has 184 valence electrons. The molecule has 4 N–H and O–H groups in total. The number of hydrogen-bond donors (Lipinski definition) is 4. The number of allylic oxidation sites excluding steroid dienone is 1. The molecule has 0 atom stereocenters. The number of piperidine rings is 1. The number of halogens is 2. The van der Waals surface area contributed by atoms with Crippen molar-refractivity contribution >= 4 is 34.4 Å². The van der Waals surface area contributed by atoms with Crippen molar-refractivity contribution in [3.63, 3.8) is 0 Å². The zero-order valence-electron chi connectivity index (χ0n) is 20.1. The predicted octanol–water partition coefficient (Wildman–Crippen LogP) is 5.34. The summed E-state index contributed by atoms with van der Waals surface area (Å²) in [5, 5.41) is 17.9. The highest BCUT2D eigenvalue weighted by Gasteiger charge is 2.52. The number of benzene rings is 2. The normalized spacial score (nSPS) is 19.8. The van der Waals surface area contributed by atoms with Crippen molar-refractivity contribution in [1.29, 1.82) is 5.41 Å². The number of likely N-dealkylation sites (tertiary alicyclic amines) is 1. The van der Waals surface area contributed by atoms with Gasteiger partial charge in [-0.2, -0.15) is 0 Å². The van der Waals surface area contributed by atoms with Crippen LogP contribution in [0.25, 0.3) is 5.70 Å². The van der Waals surface area contributed by atoms with E-state index in [0.717, 1.165) is 73.8 Å². The maximum Gasteiger partial charge on any atom is 0.235 e. The van der Waals surface area contributed by atoms with Crippen LogP contribution in [0, 0.1) is 17.0 Å². The van der Waals surface area contributed by atoms with Crippen LogP contribution in [-0.2, 0) is 10.2 Å². The second-order valence-corrected chi connectivity index (χ2v) is 10.0. The monoisotopic (exact) mass is 479 g/mol. The third-order valence-electron chi connectivity index (χ3n) is 7.48. The lowest BCUT2D eigenvalue weighted by Crippen LogP contribution is -2.40. The van der Waals surface area contributed by atoms with Crippen LogP contribution in [0.1, 0.15) is 50.2 Å². The van der Waals surface area contributed by atoms with E-state index in [9.17, 15) is 13.6 Å². The standard InChI is InChI=1S/C27H31F2N5O/c1-16(30)12-23(32-22-5-4-18(28)15-21(22)29)17-13-20-25(33-26(35)27(20)8-3-9-27)24(14-17)31-19-6-10-34(2)11-7-19/h4-5,12-15,19,30-32H,3,6-11H2,1-2H3,(H,33,35)/b23-12-,30-16?. The molecule has 1 saturated carbocycles. The molecule has 5 rings (SSSR count). The summed E-state index contributed by atoms with van der Waals surface area (Å²) in [5.74, 6) is -1.33. The maximum absolute atomic E-state index is 14.5. The zero-order chi connectivity index (χ0) is 24.7. The molecule has 2 aromatic rings. The molecule has 6 nitrogen and oxygen atoms in total. The Bertz CT molecular complexity index is 1210. The molecule has 2 aromatic carbocycles. The highest BCUT2D eigenvalue weighted by molar-refractivity contribution is 6.10. The number of rotatable bonds is 6. The van der Waals surface area contributed by atoms with Crippen LogP contribution in [0.3, 0.4) is 0 Å². The van der Waals surface area contributed by atoms with Gasteiger partial charge in [0, 0.05) is 29.1 Å². The smallest absolute Gasteiger partial charge is 0.235 e. The number of hydrogen-bond acceptors (Lipinski definition) is 5. The van der Waals surface area contributed by atoms with Crippen molar-refractivity contribution in [2.75, 3.05) is 36.1 Å². The molecular weight excluding hydrogens is 448 g/mol. The first kappa shape index (κ1) is 23.5. The molecule has 2 fully saturated rings. The number of carbonyl (C=O) groups excluding carboxylic acids is 1. The molecule has 2 heterocycles. The minimum atomic E-state index is -0.711. The molecule has 0 radical (unpaired) electrons. The van der Waals surface area contributed by atoms with Crippen molar-refractivity contribution in [3.8, 4) is 0 Å². The number of nitrogens with zero attached hydrogens (tertiary/aromatic N) is 1. The van der Waals surface area contributed by atoms with Crippen LogP contribution < -0.4 is 16.0 Å². The SMILES string of the molecule is CC(=N)/C=C(\Nc1ccc(F)cc1F)c1cc(NC2CCN(C)CC2)c2c(c1)C1(CCC1)C(=O)N2. The molecule has 8 heteroatoms. The van der Waals surface area contributed by atoms with Crippen LogP contribution in [-0.4, -0.2) is 42.7 Å². The highest BCUT2D eigenvalue weighted by Crippen LogP contribution is 2.54. The Kier molecular flexibility index (Phi) is 6.09. The number of carbonyl (C=O) groups is 1. The van der Waals surface area contributed by atoms with Crippen LogP contribution in [0.2, 0.25) is 0 Å². The summed E-state index contributed by atoms with van der Waals surface area (Å²) in [6.07, 6.45) is 6.21. The molecule has 1 spiro atoms. The van der Waals surface area contributed by atoms with Crippen molar-refractivity contribution in [3.05, 3.63) is 59.2 Å². The molecule has 0 unspecified atom stereocenters. The Balaban J connectivity index is 1.57. The Morgan fingerprint density at radius 1 is 1.17 bits per heavy atom. The van der Waals surface area contributed by atoms with Crippen molar-refractivity contribution in [2.24, 2.45) is 0 Å². The molecule has 2 aliphatic heterocycles. The highest BCUT2D eigenvalue weighted by atomic mass is 19.1. The lowest BCUT2D eigenvalue weighted by molar-refractivity contribution is -0.123. The molecule has 3 aliphatic rings. The molecular formula is C27H31F2N5O. The largest absolute Gasteiger partial charge is 0.381 e. The summed E-state index contributed by atoms with van der Waals surface area (Å²) in [4.78, 5) is 15.4. The summed E-state index contributed by atoms with van der Waals surface area (Å²) >= 11 is 0. The average Bonchev–Trinajstić information content (AvgIpc) is 3.08. The van der Waals surface area contributed by atoms with E-state index in [-0.39, 0.29) is 23.3 Å². The molecule has 0 bridgehead atoms. The van der Waals surface area contributed by atoms with E-state index in [0.29, 0.717) is 5.70 Å². The summed E-state index contributed by atoms with van der Waals surface area (Å²) in [6, 6.07) is 7.59. The van der Waals surface area contributed by atoms with Crippen LogP contribution in [0.4, 0.5) is 25.8 Å². The van der Waals surface area contributed by atoms with Gasteiger partial charge in [-0.25, -0.2) is 8.78 Å². The van der Waals surface area contributed by atoms with E-state index >= 15 is 0 Å². The second kappa shape index (κ2) is 9.07. The minimum absolute atomic E-state index is 0.0358. The zero-order valence-corrected chi connectivity index (χ0v) is 20.1. The first-order chi connectivity index (χ1) is 16.7.